The van der Waals surface area contributed by atoms with Crippen LogP contribution in [0.5, 0.6) is 0 Å². The van der Waals surface area contributed by atoms with Crippen LogP contribution >= 0.6 is 0 Å². The van der Waals surface area contributed by atoms with E-state index in [1.54, 1.807) is 0 Å². The zero-order valence-electron chi connectivity index (χ0n) is 11.2. The molecule has 0 spiro atoms. The summed E-state index contributed by atoms with van der Waals surface area (Å²) < 4.78 is 38.5. The third-order valence-electron chi connectivity index (χ3n) is 3.51. The minimum Gasteiger partial charge on any atom is -0.354 e. The van der Waals surface area contributed by atoms with E-state index in [4.69, 9.17) is 5.84 Å². The Morgan fingerprint density at radius 1 is 1.35 bits per heavy atom. The van der Waals surface area contributed by atoms with Gasteiger partial charge in [-0.3, -0.25) is 0 Å². The van der Waals surface area contributed by atoms with Crippen molar-refractivity contribution in [2.75, 3.05) is 16.9 Å². The molecule has 112 valence electrons. The molecule has 8 heteroatoms. The van der Waals surface area contributed by atoms with Gasteiger partial charge in [-0.05, 0) is 19.8 Å². The third-order valence-corrected chi connectivity index (χ3v) is 3.51. The van der Waals surface area contributed by atoms with Crippen LogP contribution in [0.4, 0.5) is 24.8 Å². The van der Waals surface area contributed by atoms with Crippen LogP contribution in [0.3, 0.4) is 0 Å². The fourth-order valence-electron chi connectivity index (χ4n) is 2.61. The maximum Gasteiger partial charge on any atom is 0.451 e. The van der Waals surface area contributed by atoms with Crippen molar-refractivity contribution >= 4 is 11.6 Å². The maximum atomic E-state index is 12.8. The Hall–Kier alpha value is -1.57. The van der Waals surface area contributed by atoms with E-state index in [2.05, 4.69) is 15.4 Å². The summed E-state index contributed by atoms with van der Waals surface area (Å²) in [4.78, 5) is 8.92. The van der Waals surface area contributed by atoms with E-state index in [-0.39, 0.29) is 17.7 Å². The molecule has 1 aliphatic carbocycles. The number of anilines is 2. The number of nitrogens with two attached hydrogens (primary N) is 1. The van der Waals surface area contributed by atoms with Crippen LogP contribution < -0.4 is 16.2 Å². The SMILES string of the molecule is CCN(c1cc(NN)nc(C(F)(F)F)n1)C1CCCC1. The van der Waals surface area contributed by atoms with Gasteiger partial charge < -0.3 is 10.3 Å². The van der Waals surface area contributed by atoms with E-state index in [1.807, 2.05) is 11.8 Å². The maximum absolute atomic E-state index is 12.8. The molecule has 0 radical (unpaired) electrons. The smallest absolute Gasteiger partial charge is 0.354 e. The Kier molecular flexibility index (Phi) is 4.32. The van der Waals surface area contributed by atoms with Gasteiger partial charge in [0.15, 0.2) is 0 Å². The van der Waals surface area contributed by atoms with Gasteiger partial charge in [-0.1, -0.05) is 12.8 Å². The first kappa shape index (κ1) is 14.8. The summed E-state index contributed by atoms with van der Waals surface area (Å²) in [6, 6.07) is 1.69. The largest absolute Gasteiger partial charge is 0.451 e. The minimum atomic E-state index is -4.59. The first-order chi connectivity index (χ1) is 9.45. The highest BCUT2D eigenvalue weighted by molar-refractivity contribution is 5.50. The van der Waals surface area contributed by atoms with E-state index in [0.29, 0.717) is 6.54 Å². The number of nitrogen functional groups attached to an aromatic ring is 1. The van der Waals surface area contributed by atoms with Crippen LogP contribution in [0.2, 0.25) is 0 Å². The molecule has 2 rings (SSSR count). The van der Waals surface area contributed by atoms with Gasteiger partial charge in [-0.15, -0.1) is 0 Å². The molecule has 0 amide bonds. The zero-order chi connectivity index (χ0) is 14.8. The molecule has 1 aliphatic rings. The second-order valence-corrected chi connectivity index (χ2v) is 4.80. The van der Waals surface area contributed by atoms with Crippen LogP contribution in [0.1, 0.15) is 38.4 Å². The van der Waals surface area contributed by atoms with Crippen molar-refractivity contribution in [3.05, 3.63) is 11.9 Å². The number of halogens is 3. The number of hydrazine groups is 1. The van der Waals surface area contributed by atoms with Crippen molar-refractivity contribution in [1.29, 1.82) is 0 Å². The Morgan fingerprint density at radius 3 is 2.50 bits per heavy atom. The normalized spacial score (nSPS) is 16.4. The number of rotatable bonds is 4. The van der Waals surface area contributed by atoms with Gasteiger partial charge in [0.25, 0.3) is 0 Å². The Balaban J connectivity index is 2.38. The minimum absolute atomic E-state index is 0.0289. The topological polar surface area (TPSA) is 67.1 Å². The molecule has 0 unspecified atom stereocenters. The van der Waals surface area contributed by atoms with Crippen LogP contribution in [-0.2, 0) is 6.18 Å². The highest BCUT2D eigenvalue weighted by Crippen LogP contribution is 2.32. The van der Waals surface area contributed by atoms with Crippen LogP contribution in [0.15, 0.2) is 6.07 Å². The molecule has 1 fully saturated rings. The molecule has 3 N–H and O–H groups in total. The molecule has 0 saturated heterocycles. The van der Waals surface area contributed by atoms with Crippen molar-refractivity contribution in [2.24, 2.45) is 5.84 Å². The van der Waals surface area contributed by atoms with Gasteiger partial charge in [-0.25, -0.2) is 15.8 Å². The second-order valence-electron chi connectivity index (χ2n) is 4.80. The predicted octanol–water partition coefficient (Wildman–Crippen LogP) is 2.55. The molecule has 1 aromatic heterocycles. The van der Waals surface area contributed by atoms with Gasteiger partial charge in [0.05, 0.1) is 0 Å². The van der Waals surface area contributed by atoms with Crippen molar-refractivity contribution in [1.82, 2.24) is 9.97 Å². The molecular weight excluding hydrogens is 271 g/mol. The van der Waals surface area contributed by atoms with Crippen LogP contribution in [0, 0.1) is 0 Å². The molecule has 0 bridgehead atoms. The summed E-state index contributed by atoms with van der Waals surface area (Å²) in [5, 5.41) is 0. The molecule has 0 atom stereocenters. The summed E-state index contributed by atoms with van der Waals surface area (Å²) in [5.41, 5.74) is 2.17. The highest BCUT2D eigenvalue weighted by atomic mass is 19.4. The number of aromatic nitrogens is 2. The van der Waals surface area contributed by atoms with Crippen molar-refractivity contribution in [3.8, 4) is 0 Å². The molecular formula is C12H18F3N5. The predicted molar refractivity (Wildman–Crippen MR) is 70.1 cm³/mol. The number of hydrogen-bond donors (Lipinski definition) is 2. The summed E-state index contributed by atoms with van der Waals surface area (Å²) in [6.07, 6.45) is -0.438. The molecule has 20 heavy (non-hydrogen) atoms. The van der Waals surface area contributed by atoms with E-state index in [9.17, 15) is 13.2 Å². The molecule has 0 aromatic carbocycles. The second kappa shape index (κ2) is 5.82. The monoisotopic (exact) mass is 289 g/mol. The van der Waals surface area contributed by atoms with Crippen molar-refractivity contribution < 1.29 is 13.2 Å². The average Bonchev–Trinajstić information content (AvgIpc) is 2.92. The molecule has 1 heterocycles. The summed E-state index contributed by atoms with van der Waals surface area (Å²) in [7, 11) is 0. The van der Waals surface area contributed by atoms with Gasteiger partial charge in [-0.2, -0.15) is 13.2 Å². The summed E-state index contributed by atoms with van der Waals surface area (Å²) >= 11 is 0. The zero-order valence-corrected chi connectivity index (χ0v) is 11.2. The first-order valence-corrected chi connectivity index (χ1v) is 6.65. The van der Waals surface area contributed by atoms with E-state index >= 15 is 0 Å². The van der Waals surface area contributed by atoms with Crippen LogP contribution in [0.25, 0.3) is 0 Å². The van der Waals surface area contributed by atoms with Gasteiger partial charge in [0.1, 0.15) is 11.6 Å². The standard InChI is InChI=1S/C12H18F3N5/c1-2-20(8-5-3-4-6-8)10-7-9(19-16)17-11(18-10)12(13,14)15/h7-8H,2-6,16H2,1H3,(H,17,18,19). The van der Waals surface area contributed by atoms with E-state index in [1.165, 1.54) is 6.07 Å². The fraction of sp³-hybridized carbons (Fsp3) is 0.667. The number of nitrogens with one attached hydrogen (secondary N) is 1. The fourth-order valence-corrected chi connectivity index (χ4v) is 2.61. The lowest BCUT2D eigenvalue weighted by molar-refractivity contribution is -0.144. The first-order valence-electron chi connectivity index (χ1n) is 6.65. The van der Waals surface area contributed by atoms with Gasteiger partial charge in [0, 0.05) is 18.7 Å². The quantitative estimate of drug-likeness (QED) is 0.658. The molecule has 1 aromatic rings. The third kappa shape index (κ3) is 3.12. The molecule has 5 nitrogen and oxygen atoms in total. The van der Waals surface area contributed by atoms with Crippen molar-refractivity contribution in [3.63, 3.8) is 0 Å². The average molecular weight is 289 g/mol. The highest BCUT2D eigenvalue weighted by Gasteiger charge is 2.36. The van der Waals surface area contributed by atoms with E-state index in [0.717, 1.165) is 25.7 Å². The Bertz CT molecular complexity index is 457. The lowest BCUT2D eigenvalue weighted by atomic mass is 10.2. The van der Waals surface area contributed by atoms with Gasteiger partial charge in [0.2, 0.25) is 5.82 Å². The molecule has 0 aliphatic heterocycles. The Morgan fingerprint density at radius 2 is 2.00 bits per heavy atom. The molecule has 1 saturated carbocycles. The number of nitrogens with zero attached hydrogens (tertiary/aromatic N) is 3. The van der Waals surface area contributed by atoms with Crippen LogP contribution in [-0.4, -0.2) is 22.6 Å². The number of hydrogen-bond acceptors (Lipinski definition) is 5. The lowest BCUT2D eigenvalue weighted by Gasteiger charge is -2.29. The Labute approximate surface area is 115 Å². The van der Waals surface area contributed by atoms with Crippen molar-refractivity contribution in [2.45, 2.75) is 44.8 Å². The summed E-state index contributed by atoms with van der Waals surface area (Å²) in [6.45, 7) is 2.51. The summed E-state index contributed by atoms with van der Waals surface area (Å²) in [5.74, 6) is 4.28. The van der Waals surface area contributed by atoms with E-state index < -0.39 is 12.0 Å². The lowest BCUT2D eigenvalue weighted by Crippen LogP contribution is -2.34. The van der Waals surface area contributed by atoms with Gasteiger partial charge >= 0.3 is 6.18 Å². The number of alkyl halides is 3.